The normalized spacial score (nSPS) is 17.1. The van der Waals surface area contributed by atoms with E-state index in [2.05, 4.69) is 32.9 Å². The van der Waals surface area contributed by atoms with Gasteiger partial charge in [-0.3, -0.25) is 23.6 Å². The maximum absolute atomic E-state index is 14.2. The molecular weight excluding hydrogens is 540 g/mol. The fourth-order valence-corrected chi connectivity index (χ4v) is 10.2. The summed E-state index contributed by atoms with van der Waals surface area (Å²) < 4.78 is 50.7. The van der Waals surface area contributed by atoms with E-state index in [1.54, 1.807) is 33.8 Å². The van der Waals surface area contributed by atoms with Gasteiger partial charge in [0.15, 0.2) is 0 Å². The summed E-state index contributed by atoms with van der Waals surface area (Å²) in [6, 6.07) is 0. The Labute approximate surface area is 235 Å². The van der Waals surface area contributed by atoms with Crippen molar-refractivity contribution in [3.63, 3.8) is 0 Å². The molecule has 0 bridgehead atoms. The van der Waals surface area contributed by atoms with Crippen molar-refractivity contribution in [3.05, 3.63) is 34.9 Å². The molecular formula is C28H49NO8P2. The lowest BCUT2D eigenvalue weighted by molar-refractivity contribution is -0.148. The highest BCUT2D eigenvalue weighted by atomic mass is 31.2. The molecule has 0 aromatic rings. The molecule has 1 aliphatic rings. The highest BCUT2D eigenvalue weighted by molar-refractivity contribution is 7.76. The minimum Gasteiger partial charge on any atom is -0.308 e. The zero-order valence-electron chi connectivity index (χ0n) is 25.1. The third-order valence-electron chi connectivity index (χ3n) is 6.42. The van der Waals surface area contributed by atoms with Gasteiger partial charge in [0, 0.05) is 13.0 Å². The number of rotatable bonds is 18. The maximum atomic E-state index is 14.2. The molecule has 1 fully saturated rings. The summed E-state index contributed by atoms with van der Waals surface area (Å²) in [5.41, 5.74) is 3.62. The number of carbonyl (C=O) groups excluding carboxylic acids is 2. The Bertz CT molecular complexity index is 963. The van der Waals surface area contributed by atoms with E-state index in [0.717, 1.165) is 36.2 Å². The molecule has 0 aliphatic carbocycles. The van der Waals surface area contributed by atoms with Gasteiger partial charge in [0.05, 0.1) is 26.4 Å². The Kier molecular flexibility index (Phi) is 15.4. The van der Waals surface area contributed by atoms with E-state index in [4.69, 9.17) is 18.1 Å². The molecule has 11 heteroatoms. The molecule has 1 saturated heterocycles. The Hall–Kier alpha value is -1.34. The molecule has 0 saturated carbocycles. The molecule has 0 atom stereocenters. The van der Waals surface area contributed by atoms with Crippen LogP contribution in [0.3, 0.4) is 0 Å². The topological polar surface area (TPSA) is 108 Å². The second-order valence-corrected chi connectivity index (χ2v) is 14.7. The molecule has 0 aromatic carbocycles. The first-order chi connectivity index (χ1) is 18.4. The van der Waals surface area contributed by atoms with Crippen LogP contribution in [0.1, 0.15) is 93.9 Å². The van der Waals surface area contributed by atoms with Gasteiger partial charge in [0.2, 0.25) is 5.91 Å². The van der Waals surface area contributed by atoms with E-state index in [1.807, 2.05) is 6.92 Å². The summed E-state index contributed by atoms with van der Waals surface area (Å²) in [4.78, 5) is 25.8. The number of allylic oxidation sites excluding steroid dienone is 5. The summed E-state index contributed by atoms with van der Waals surface area (Å²) >= 11 is 0. The predicted molar refractivity (Wildman–Crippen MR) is 156 cm³/mol. The van der Waals surface area contributed by atoms with Crippen LogP contribution in [0, 0.1) is 0 Å². The third kappa shape index (κ3) is 9.08. The van der Waals surface area contributed by atoms with E-state index in [-0.39, 0.29) is 45.8 Å². The monoisotopic (exact) mass is 589 g/mol. The second kappa shape index (κ2) is 16.8. The van der Waals surface area contributed by atoms with Crippen LogP contribution in [-0.4, -0.2) is 54.6 Å². The molecule has 0 aromatic heterocycles. The first kappa shape index (κ1) is 35.7. The number of likely N-dealkylation sites (tertiary alicyclic amines) is 1. The Morgan fingerprint density at radius 2 is 1.21 bits per heavy atom. The van der Waals surface area contributed by atoms with E-state index in [0.29, 0.717) is 0 Å². The first-order valence-corrected chi connectivity index (χ1v) is 17.0. The van der Waals surface area contributed by atoms with Crippen molar-refractivity contribution in [2.24, 2.45) is 0 Å². The van der Waals surface area contributed by atoms with Gasteiger partial charge in [-0.1, -0.05) is 34.9 Å². The fraction of sp³-hybridized carbons (Fsp3) is 0.714. The lowest BCUT2D eigenvalue weighted by atomic mass is 10.1. The number of piperidine rings is 1. The summed E-state index contributed by atoms with van der Waals surface area (Å²) in [6.45, 7) is 14.4. The van der Waals surface area contributed by atoms with Gasteiger partial charge < -0.3 is 18.1 Å². The van der Waals surface area contributed by atoms with Crippen molar-refractivity contribution in [1.29, 1.82) is 0 Å². The molecule has 9 nitrogen and oxygen atoms in total. The van der Waals surface area contributed by atoms with Crippen molar-refractivity contribution in [3.8, 4) is 0 Å². The quantitative estimate of drug-likeness (QED) is 0.0906. The van der Waals surface area contributed by atoms with Gasteiger partial charge in [0.25, 0.3) is 10.8 Å². The third-order valence-corrected chi connectivity index (χ3v) is 12.9. The Morgan fingerprint density at radius 1 is 0.769 bits per heavy atom. The first-order valence-electron chi connectivity index (χ1n) is 14.0. The van der Waals surface area contributed by atoms with E-state index >= 15 is 0 Å². The van der Waals surface area contributed by atoms with Crippen LogP contribution in [0.15, 0.2) is 34.9 Å². The number of nitrogens with zero attached hydrogens (tertiary/aromatic N) is 1. The van der Waals surface area contributed by atoms with Gasteiger partial charge >= 0.3 is 15.2 Å². The minimum absolute atomic E-state index is 0.0506. The molecule has 0 radical (unpaired) electrons. The molecule has 1 aliphatic heterocycles. The Balaban J connectivity index is 3.31. The standard InChI is InChI=1S/C28H49NO8P2/c1-9-34-38(32,35-10-2)28(39(33,36-11-3)37-12-4)21-19-26(30)29(27(28)31)22-20-25(8)18-14-17-24(7)16-13-15-23(5)6/h15,17,20H,9-14,16,18-19,21-22H2,1-8H3/b24-17+,25-20+. The summed E-state index contributed by atoms with van der Waals surface area (Å²) in [6.07, 6.45) is 9.34. The molecule has 2 amide bonds. The lowest BCUT2D eigenvalue weighted by Gasteiger charge is -2.45. The van der Waals surface area contributed by atoms with Gasteiger partial charge in [-0.2, -0.15) is 0 Å². The zero-order chi connectivity index (χ0) is 29.7. The van der Waals surface area contributed by atoms with Gasteiger partial charge in [-0.05, 0) is 87.5 Å². The van der Waals surface area contributed by atoms with Crippen LogP contribution in [-0.2, 0) is 36.8 Å². The van der Waals surface area contributed by atoms with E-state index in [1.165, 1.54) is 11.1 Å². The summed E-state index contributed by atoms with van der Waals surface area (Å²) in [5.74, 6) is -1.36. The molecule has 1 rings (SSSR count). The van der Waals surface area contributed by atoms with Crippen molar-refractivity contribution in [2.75, 3.05) is 33.0 Å². The highest BCUT2D eigenvalue weighted by Gasteiger charge is 2.72. The molecule has 224 valence electrons. The van der Waals surface area contributed by atoms with Crippen LogP contribution in [0.25, 0.3) is 0 Å². The average Bonchev–Trinajstić information content (AvgIpc) is 2.84. The molecule has 1 heterocycles. The van der Waals surface area contributed by atoms with E-state index < -0.39 is 31.9 Å². The molecule has 0 unspecified atom stereocenters. The summed E-state index contributed by atoms with van der Waals surface area (Å²) in [7, 11) is -8.82. The largest absolute Gasteiger partial charge is 0.358 e. The van der Waals surface area contributed by atoms with Crippen molar-refractivity contribution in [2.45, 2.75) is 98.8 Å². The average molecular weight is 590 g/mol. The number of carbonyl (C=O) groups is 2. The van der Waals surface area contributed by atoms with Crippen LogP contribution < -0.4 is 0 Å². The van der Waals surface area contributed by atoms with Gasteiger partial charge in [-0.25, -0.2) is 0 Å². The number of hydrogen-bond donors (Lipinski definition) is 0. The van der Waals surface area contributed by atoms with Crippen LogP contribution in [0.5, 0.6) is 0 Å². The number of amides is 2. The summed E-state index contributed by atoms with van der Waals surface area (Å²) in [5, 5.41) is 0. The maximum Gasteiger partial charge on any atom is 0.358 e. The lowest BCUT2D eigenvalue weighted by Crippen LogP contribution is -2.56. The number of hydrogen-bond acceptors (Lipinski definition) is 8. The fourth-order valence-electron chi connectivity index (χ4n) is 4.46. The predicted octanol–water partition coefficient (Wildman–Crippen LogP) is 7.78. The van der Waals surface area contributed by atoms with Crippen LogP contribution in [0.4, 0.5) is 0 Å². The van der Waals surface area contributed by atoms with Crippen LogP contribution in [0.2, 0.25) is 0 Å². The number of imide groups is 1. The molecule has 0 spiro atoms. The minimum atomic E-state index is -4.41. The molecule has 0 N–H and O–H groups in total. The van der Waals surface area contributed by atoms with Crippen molar-refractivity contribution < 1.29 is 36.8 Å². The van der Waals surface area contributed by atoms with Crippen molar-refractivity contribution in [1.82, 2.24) is 4.90 Å². The van der Waals surface area contributed by atoms with Gasteiger partial charge in [0.1, 0.15) is 0 Å². The van der Waals surface area contributed by atoms with Crippen molar-refractivity contribution >= 4 is 27.0 Å². The smallest absolute Gasteiger partial charge is 0.308 e. The van der Waals surface area contributed by atoms with E-state index in [9.17, 15) is 18.7 Å². The van der Waals surface area contributed by atoms with Crippen LogP contribution >= 0.6 is 15.2 Å². The SMILES string of the molecule is CCOP(=O)(OCC)C1(P(=O)(OCC)OCC)CCC(=O)N(C/C=C(\C)CC/C=C(\C)CCC=C(C)C)C1=O. The van der Waals surface area contributed by atoms with Gasteiger partial charge in [-0.15, -0.1) is 0 Å². The zero-order valence-corrected chi connectivity index (χ0v) is 26.9. The molecule has 39 heavy (non-hydrogen) atoms. The second-order valence-electron chi connectivity index (χ2n) is 9.75. The Morgan fingerprint density at radius 3 is 1.64 bits per heavy atom. The highest BCUT2D eigenvalue weighted by Crippen LogP contribution is 2.80.